The molecule has 3 heterocycles. The molecule has 32 heavy (non-hydrogen) atoms. The second kappa shape index (κ2) is 9.95. The van der Waals surface area contributed by atoms with E-state index in [1.54, 1.807) is 30.0 Å². The largest absolute Gasteiger partial charge is 0.496 e. The number of nitrogens with zero attached hydrogens (tertiary/aromatic N) is 5. The van der Waals surface area contributed by atoms with E-state index in [9.17, 15) is 4.79 Å². The zero-order chi connectivity index (χ0) is 22.7. The predicted molar refractivity (Wildman–Crippen MR) is 128 cm³/mol. The molecule has 0 atom stereocenters. The van der Waals surface area contributed by atoms with Crippen LogP contribution in [0.3, 0.4) is 0 Å². The zero-order valence-electron chi connectivity index (χ0n) is 18.5. The van der Waals surface area contributed by atoms with Crippen molar-refractivity contribution in [3.63, 3.8) is 0 Å². The van der Waals surface area contributed by atoms with Gasteiger partial charge in [-0.05, 0) is 31.0 Å². The topological polar surface area (TPSA) is 85.2 Å². The first-order valence-corrected chi connectivity index (χ1v) is 12.0. The first kappa shape index (κ1) is 22.7. The van der Waals surface area contributed by atoms with Gasteiger partial charge >= 0.3 is 0 Å². The van der Waals surface area contributed by atoms with Crippen LogP contribution < -0.4 is 15.0 Å². The first-order chi connectivity index (χ1) is 15.5. The number of rotatable bonds is 8. The Hall–Kier alpha value is -2.52. The third kappa shape index (κ3) is 4.94. The Morgan fingerprint density at radius 3 is 2.78 bits per heavy atom. The number of carbonyl (C=O) groups is 1. The number of hydrogen-bond acceptors (Lipinski definition) is 7. The third-order valence-corrected chi connectivity index (χ3v) is 6.32. The van der Waals surface area contributed by atoms with E-state index < -0.39 is 0 Å². The summed E-state index contributed by atoms with van der Waals surface area (Å²) < 4.78 is 7.11. The number of halogens is 1. The van der Waals surface area contributed by atoms with Gasteiger partial charge in [0.15, 0.2) is 10.8 Å². The summed E-state index contributed by atoms with van der Waals surface area (Å²) in [6.45, 7) is 7.14. The molecule has 1 amide bonds. The van der Waals surface area contributed by atoms with E-state index in [0.29, 0.717) is 34.7 Å². The predicted octanol–water partition coefficient (Wildman–Crippen LogP) is 4.02. The van der Waals surface area contributed by atoms with Crippen LogP contribution in [0.4, 0.5) is 5.82 Å². The number of thioether (sulfide) groups is 1. The van der Waals surface area contributed by atoms with Gasteiger partial charge < -0.3 is 15.0 Å². The first-order valence-electron chi connectivity index (χ1n) is 10.7. The van der Waals surface area contributed by atoms with Crippen molar-refractivity contribution in [2.45, 2.75) is 43.6 Å². The number of nitrogens with one attached hydrogen (secondary N) is 1. The van der Waals surface area contributed by atoms with Gasteiger partial charge in [0.2, 0.25) is 0 Å². The molecule has 4 rings (SSSR count). The van der Waals surface area contributed by atoms with Gasteiger partial charge in [0, 0.05) is 29.9 Å². The zero-order valence-corrected chi connectivity index (χ0v) is 20.0. The molecule has 1 aromatic carbocycles. The van der Waals surface area contributed by atoms with Crippen LogP contribution in [-0.2, 0) is 6.54 Å². The Morgan fingerprint density at radius 2 is 2.06 bits per heavy atom. The highest BCUT2D eigenvalue weighted by atomic mass is 35.5. The fourth-order valence-electron chi connectivity index (χ4n) is 3.75. The molecule has 0 saturated carbocycles. The average molecular weight is 475 g/mol. The molecule has 1 saturated heterocycles. The van der Waals surface area contributed by atoms with Gasteiger partial charge in [-0.25, -0.2) is 14.6 Å². The van der Waals surface area contributed by atoms with Gasteiger partial charge in [-0.1, -0.05) is 37.2 Å². The lowest BCUT2D eigenvalue weighted by Crippen LogP contribution is -2.28. The molecule has 1 aliphatic heterocycles. The smallest absolute Gasteiger partial charge is 0.255 e. The Morgan fingerprint density at radius 1 is 1.28 bits per heavy atom. The summed E-state index contributed by atoms with van der Waals surface area (Å²) in [6.07, 6.45) is 4.17. The van der Waals surface area contributed by atoms with E-state index in [-0.39, 0.29) is 5.91 Å². The van der Waals surface area contributed by atoms with E-state index in [4.69, 9.17) is 26.3 Å². The Labute approximate surface area is 196 Å². The van der Waals surface area contributed by atoms with Crippen LogP contribution >= 0.6 is 23.4 Å². The number of aromatic nitrogens is 4. The van der Waals surface area contributed by atoms with Crippen LogP contribution in [0.15, 0.2) is 29.6 Å². The standard InChI is InChI=1S/C22H27ClN6O2S/c1-14(2)32-22-26-19(28-9-4-5-10-28)17-13-25-29(20(17)27-22)11-8-24-21(30)16-12-15(23)6-7-18(16)31-3/h6-7,12-14H,4-5,8-11H2,1-3H3,(H,24,30). The van der Waals surface area contributed by atoms with Crippen molar-refractivity contribution in [2.75, 3.05) is 31.6 Å². The maximum atomic E-state index is 12.7. The lowest BCUT2D eigenvalue weighted by molar-refractivity contribution is 0.0949. The number of anilines is 1. The Balaban J connectivity index is 1.54. The van der Waals surface area contributed by atoms with Gasteiger partial charge in [-0.2, -0.15) is 5.10 Å². The van der Waals surface area contributed by atoms with Gasteiger partial charge in [0.1, 0.15) is 11.6 Å². The van der Waals surface area contributed by atoms with Crippen LogP contribution in [0.1, 0.15) is 37.0 Å². The highest BCUT2D eigenvalue weighted by molar-refractivity contribution is 7.99. The molecule has 1 N–H and O–H groups in total. The fraction of sp³-hybridized carbons (Fsp3) is 0.455. The Bertz CT molecular complexity index is 1110. The lowest BCUT2D eigenvalue weighted by atomic mass is 10.2. The van der Waals surface area contributed by atoms with Crippen molar-refractivity contribution in [3.8, 4) is 5.75 Å². The summed E-state index contributed by atoms with van der Waals surface area (Å²) in [7, 11) is 1.53. The summed E-state index contributed by atoms with van der Waals surface area (Å²) in [5, 5.41) is 10.0. The number of amides is 1. The minimum absolute atomic E-state index is 0.246. The van der Waals surface area contributed by atoms with Crippen LogP contribution in [0.2, 0.25) is 5.02 Å². The van der Waals surface area contributed by atoms with Crippen molar-refractivity contribution in [3.05, 3.63) is 35.0 Å². The van der Waals surface area contributed by atoms with Gasteiger partial charge in [-0.15, -0.1) is 0 Å². The number of ether oxygens (including phenoxy) is 1. The molecule has 0 unspecified atom stereocenters. The summed E-state index contributed by atoms with van der Waals surface area (Å²) in [6, 6.07) is 4.98. The molecule has 170 valence electrons. The molecule has 0 bridgehead atoms. The highest BCUT2D eigenvalue weighted by Gasteiger charge is 2.21. The monoisotopic (exact) mass is 474 g/mol. The maximum Gasteiger partial charge on any atom is 0.255 e. The molecule has 1 fully saturated rings. The minimum Gasteiger partial charge on any atom is -0.496 e. The number of methoxy groups -OCH3 is 1. The third-order valence-electron chi connectivity index (χ3n) is 5.22. The minimum atomic E-state index is -0.246. The van der Waals surface area contributed by atoms with E-state index >= 15 is 0 Å². The quantitative estimate of drug-likeness (QED) is 0.390. The molecule has 1 aliphatic rings. The van der Waals surface area contributed by atoms with Crippen LogP contribution in [0.25, 0.3) is 11.0 Å². The van der Waals surface area contributed by atoms with E-state index in [1.807, 2.05) is 10.9 Å². The molecule has 0 aliphatic carbocycles. The van der Waals surface area contributed by atoms with Gasteiger partial charge in [0.05, 0.1) is 30.8 Å². The van der Waals surface area contributed by atoms with Crippen molar-refractivity contribution in [1.82, 2.24) is 25.1 Å². The highest BCUT2D eigenvalue weighted by Crippen LogP contribution is 2.30. The van der Waals surface area contributed by atoms with Gasteiger partial charge in [-0.3, -0.25) is 4.79 Å². The second-order valence-electron chi connectivity index (χ2n) is 7.90. The molecular weight excluding hydrogens is 448 g/mol. The number of fused-ring (bicyclic) bond motifs is 1. The maximum absolute atomic E-state index is 12.7. The van der Waals surface area contributed by atoms with Crippen molar-refractivity contribution in [2.24, 2.45) is 0 Å². The SMILES string of the molecule is COc1ccc(Cl)cc1C(=O)NCCn1ncc2c(N3CCCC3)nc(SC(C)C)nc21. The molecular formula is C22H27ClN6O2S. The van der Waals surface area contributed by atoms with Crippen molar-refractivity contribution < 1.29 is 9.53 Å². The number of carbonyl (C=O) groups excluding carboxylic acids is 1. The lowest BCUT2D eigenvalue weighted by Gasteiger charge is -2.18. The fourth-order valence-corrected chi connectivity index (χ4v) is 4.62. The molecule has 3 aromatic rings. The second-order valence-corrected chi connectivity index (χ2v) is 9.88. The Kier molecular flexibility index (Phi) is 7.05. The molecule has 8 nitrogen and oxygen atoms in total. The van der Waals surface area contributed by atoms with E-state index in [0.717, 1.165) is 35.1 Å². The molecule has 2 aromatic heterocycles. The summed E-state index contributed by atoms with van der Waals surface area (Å²) in [5.74, 6) is 1.19. The summed E-state index contributed by atoms with van der Waals surface area (Å²) in [5.41, 5.74) is 1.19. The summed E-state index contributed by atoms with van der Waals surface area (Å²) >= 11 is 7.69. The van der Waals surface area contributed by atoms with Crippen molar-refractivity contribution in [1.29, 1.82) is 0 Å². The van der Waals surface area contributed by atoms with E-state index in [2.05, 4.69) is 29.2 Å². The van der Waals surface area contributed by atoms with Crippen LogP contribution in [0.5, 0.6) is 5.75 Å². The summed E-state index contributed by atoms with van der Waals surface area (Å²) in [4.78, 5) is 24.6. The molecule has 0 spiro atoms. The number of hydrogen-bond donors (Lipinski definition) is 1. The average Bonchev–Trinajstić information content (AvgIpc) is 3.43. The van der Waals surface area contributed by atoms with E-state index in [1.165, 1.54) is 20.0 Å². The normalized spacial score (nSPS) is 13.8. The van der Waals surface area contributed by atoms with Gasteiger partial charge in [0.25, 0.3) is 5.91 Å². The molecule has 0 radical (unpaired) electrons. The number of benzene rings is 1. The van der Waals surface area contributed by atoms with Crippen LogP contribution in [0, 0.1) is 0 Å². The van der Waals surface area contributed by atoms with Crippen molar-refractivity contribution >= 4 is 46.1 Å². The van der Waals surface area contributed by atoms with Crippen LogP contribution in [-0.4, -0.2) is 57.6 Å². The molecule has 10 heteroatoms.